The highest BCUT2D eigenvalue weighted by atomic mass is 16.4. The summed E-state index contributed by atoms with van der Waals surface area (Å²) in [5.41, 5.74) is 3.31. The van der Waals surface area contributed by atoms with E-state index in [9.17, 15) is 15.0 Å². The summed E-state index contributed by atoms with van der Waals surface area (Å²) >= 11 is 0. The van der Waals surface area contributed by atoms with Gasteiger partial charge in [-0.25, -0.2) is 4.98 Å². The molecule has 0 bridgehead atoms. The number of anilines is 1. The number of nitrogens with zero attached hydrogens (tertiary/aromatic N) is 2. The van der Waals surface area contributed by atoms with Crippen LogP contribution in [0.5, 0.6) is 5.75 Å². The van der Waals surface area contributed by atoms with E-state index in [4.69, 9.17) is 4.98 Å². The van der Waals surface area contributed by atoms with Crippen molar-refractivity contribution >= 4 is 11.8 Å². The van der Waals surface area contributed by atoms with E-state index in [1.807, 2.05) is 13.1 Å². The number of aliphatic carboxylic acids is 1. The predicted molar refractivity (Wildman–Crippen MR) is 115 cm³/mol. The van der Waals surface area contributed by atoms with E-state index >= 15 is 0 Å². The summed E-state index contributed by atoms with van der Waals surface area (Å²) in [6, 6.07) is 11.3. The molecule has 0 saturated carbocycles. The zero-order valence-corrected chi connectivity index (χ0v) is 17.1. The van der Waals surface area contributed by atoms with Gasteiger partial charge in [0, 0.05) is 24.7 Å². The fourth-order valence-electron chi connectivity index (χ4n) is 3.94. The highest BCUT2D eigenvalue weighted by molar-refractivity contribution is 5.68. The third-order valence-electron chi connectivity index (χ3n) is 5.47. The zero-order valence-electron chi connectivity index (χ0n) is 17.1. The smallest absolute Gasteiger partial charge is 0.304 e. The minimum absolute atomic E-state index is 0.0554. The molecule has 0 fully saturated rings. The minimum atomic E-state index is -0.821. The molecular weight excluding hydrogens is 366 g/mol. The number of carboxylic acids is 1. The summed E-state index contributed by atoms with van der Waals surface area (Å²) in [5, 5.41) is 22.4. The maximum absolute atomic E-state index is 11.3. The van der Waals surface area contributed by atoms with Crippen LogP contribution in [0.3, 0.4) is 0 Å². The molecule has 0 aliphatic carbocycles. The van der Waals surface area contributed by atoms with Crippen molar-refractivity contribution in [2.24, 2.45) is 0 Å². The number of carboxylic acid groups (broad SMARTS) is 1. The van der Waals surface area contributed by atoms with E-state index in [1.54, 1.807) is 18.2 Å². The van der Waals surface area contributed by atoms with Crippen LogP contribution in [0.2, 0.25) is 0 Å². The van der Waals surface area contributed by atoms with E-state index in [2.05, 4.69) is 22.3 Å². The molecule has 1 aliphatic rings. The molecule has 0 amide bonds. The van der Waals surface area contributed by atoms with Gasteiger partial charge in [0.2, 0.25) is 0 Å². The molecule has 0 radical (unpaired) electrons. The van der Waals surface area contributed by atoms with E-state index in [0.717, 1.165) is 55.8 Å². The van der Waals surface area contributed by atoms with Crippen LogP contribution in [0.15, 0.2) is 36.4 Å². The summed E-state index contributed by atoms with van der Waals surface area (Å²) in [4.78, 5) is 18.2. The lowest BCUT2D eigenvalue weighted by Gasteiger charge is -2.23. The third-order valence-corrected chi connectivity index (χ3v) is 5.47. The molecular formula is C23H31N3O3. The van der Waals surface area contributed by atoms with Gasteiger partial charge in [0.25, 0.3) is 0 Å². The Balaban J connectivity index is 1.46. The number of unbranched alkanes of at least 4 members (excludes halogenated alkanes) is 1. The van der Waals surface area contributed by atoms with Crippen molar-refractivity contribution in [2.45, 2.75) is 44.4 Å². The third kappa shape index (κ3) is 6.46. The van der Waals surface area contributed by atoms with E-state index in [1.165, 1.54) is 12.0 Å². The number of aromatic hydroxyl groups is 1. The maximum atomic E-state index is 11.3. The minimum Gasteiger partial charge on any atom is -0.508 e. The van der Waals surface area contributed by atoms with E-state index < -0.39 is 5.97 Å². The second-order valence-electron chi connectivity index (χ2n) is 7.95. The van der Waals surface area contributed by atoms with Crippen LogP contribution in [-0.4, -0.2) is 52.7 Å². The van der Waals surface area contributed by atoms with Crippen molar-refractivity contribution in [3.63, 3.8) is 0 Å². The van der Waals surface area contributed by atoms with Crippen LogP contribution < -0.4 is 5.32 Å². The molecule has 2 heterocycles. The van der Waals surface area contributed by atoms with Crippen LogP contribution in [0.25, 0.3) is 0 Å². The Bertz CT molecular complexity index is 825. The summed E-state index contributed by atoms with van der Waals surface area (Å²) in [6.45, 7) is 2.56. The summed E-state index contributed by atoms with van der Waals surface area (Å²) in [5.74, 6) is 0.262. The van der Waals surface area contributed by atoms with Crippen LogP contribution >= 0.6 is 0 Å². The van der Waals surface area contributed by atoms with Gasteiger partial charge in [-0.15, -0.1) is 0 Å². The van der Waals surface area contributed by atoms with Crippen molar-refractivity contribution in [2.75, 3.05) is 32.0 Å². The number of aryl methyl sites for hydroxylation is 2. The molecule has 1 aliphatic heterocycles. The van der Waals surface area contributed by atoms with Gasteiger partial charge in [-0.2, -0.15) is 0 Å². The quantitative estimate of drug-likeness (QED) is 0.531. The van der Waals surface area contributed by atoms with Gasteiger partial charge in [0.05, 0.1) is 6.42 Å². The zero-order chi connectivity index (χ0) is 20.6. The molecule has 3 rings (SSSR count). The Morgan fingerprint density at radius 2 is 2.14 bits per heavy atom. The number of phenolic OH excluding ortho intramolecular Hbond substituents is 1. The molecule has 29 heavy (non-hydrogen) atoms. The molecule has 1 aromatic carbocycles. The molecule has 0 spiro atoms. The van der Waals surface area contributed by atoms with Crippen molar-refractivity contribution in [3.8, 4) is 5.75 Å². The highest BCUT2D eigenvalue weighted by Gasteiger charge is 2.18. The number of benzene rings is 1. The molecule has 2 aromatic rings. The number of carbonyl (C=O) groups is 1. The normalized spacial score (nSPS) is 14.3. The first-order valence-corrected chi connectivity index (χ1v) is 10.4. The average Bonchev–Trinajstić information content (AvgIpc) is 2.70. The number of likely N-dealkylation sites (N-methyl/N-ethyl adjacent to an activating group) is 1. The van der Waals surface area contributed by atoms with Crippen LogP contribution in [-0.2, 0) is 17.6 Å². The SMILES string of the molecule is CN(CCCCc1ccc2c(n1)NCCC2)C[C@@H](CC(=O)O)c1cccc(O)c1. The molecule has 1 aromatic heterocycles. The van der Waals surface area contributed by atoms with Gasteiger partial charge in [-0.05, 0) is 75.0 Å². The first-order valence-electron chi connectivity index (χ1n) is 10.4. The van der Waals surface area contributed by atoms with Crippen LogP contribution in [0.1, 0.15) is 48.4 Å². The molecule has 156 valence electrons. The number of rotatable bonds is 10. The van der Waals surface area contributed by atoms with Gasteiger partial charge in [0.15, 0.2) is 0 Å². The first kappa shape index (κ1) is 21.1. The summed E-state index contributed by atoms with van der Waals surface area (Å²) in [7, 11) is 2.03. The Hall–Kier alpha value is -2.60. The van der Waals surface area contributed by atoms with Gasteiger partial charge < -0.3 is 20.4 Å². The van der Waals surface area contributed by atoms with E-state index in [0.29, 0.717) is 6.54 Å². The lowest BCUT2D eigenvalue weighted by atomic mass is 9.95. The average molecular weight is 398 g/mol. The number of phenols is 1. The number of hydrogen-bond acceptors (Lipinski definition) is 5. The second-order valence-corrected chi connectivity index (χ2v) is 7.95. The predicted octanol–water partition coefficient (Wildman–Crippen LogP) is 3.66. The molecule has 1 atom stereocenters. The van der Waals surface area contributed by atoms with Gasteiger partial charge in [-0.1, -0.05) is 18.2 Å². The van der Waals surface area contributed by atoms with Crippen molar-refractivity contribution < 1.29 is 15.0 Å². The standard InChI is InChI=1S/C23H31N3O3/c1-26(16-19(15-22(28)29)18-6-4-9-21(27)14-18)13-3-2-8-20-11-10-17-7-5-12-24-23(17)25-20/h4,6,9-11,14,19,27H,2-3,5,7-8,12-13,15-16H2,1H3,(H,24,25)(H,28,29)/t19-/m1/s1. The Morgan fingerprint density at radius 1 is 1.28 bits per heavy atom. The van der Waals surface area contributed by atoms with Gasteiger partial charge in [0.1, 0.15) is 11.6 Å². The lowest BCUT2D eigenvalue weighted by Crippen LogP contribution is -2.27. The van der Waals surface area contributed by atoms with Crippen molar-refractivity contribution in [3.05, 3.63) is 53.2 Å². The lowest BCUT2D eigenvalue weighted by molar-refractivity contribution is -0.137. The van der Waals surface area contributed by atoms with Crippen LogP contribution in [0.4, 0.5) is 5.82 Å². The fourth-order valence-corrected chi connectivity index (χ4v) is 3.94. The number of pyridine rings is 1. The summed E-state index contributed by atoms with van der Waals surface area (Å²) in [6.07, 6.45) is 5.37. The highest BCUT2D eigenvalue weighted by Crippen LogP contribution is 2.24. The topological polar surface area (TPSA) is 85.7 Å². The Kier molecular flexibility index (Phi) is 7.47. The monoisotopic (exact) mass is 397 g/mol. The van der Waals surface area contributed by atoms with Gasteiger partial charge in [-0.3, -0.25) is 4.79 Å². The largest absolute Gasteiger partial charge is 0.508 e. The number of fused-ring (bicyclic) bond motifs is 1. The Labute approximate surface area is 172 Å². The first-order chi connectivity index (χ1) is 14.0. The van der Waals surface area contributed by atoms with E-state index in [-0.39, 0.29) is 18.1 Å². The molecule has 3 N–H and O–H groups in total. The van der Waals surface area contributed by atoms with Crippen molar-refractivity contribution in [1.29, 1.82) is 0 Å². The molecule has 0 saturated heterocycles. The fraction of sp³-hybridized carbons (Fsp3) is 0.478. The van der Waals surface area contributed by atoms with Crippen molar-refractivity contribution in [1.82, 2.24) is 9.88 Å². The second kappa shape index (κ2) is 10.3. The molecule has 0 unspecified atom stereocenters. The van der Waals surface area contributed by atoms with Crippen LogP contribution in [0, 0.1) is 0 Å². The molecule has 6 nitrogen and oxygen atoms in total. The molecule has 6 heteroatoms. The number of aromatic nitrogens is 1. The number of nitrogens with one attached hydrogen (secondary N) is 1. The summed E-state index contributed by atoms with van der Waals surface area (Å²) < 4.78 is 0. The maximum Gasteiger partial charge on any atom is 0.304 e. The number of hydrogen-bond donors (Lipinski definition) is 3. The van der Waals surface area contributed by atoms with Gasteiger partial charge >= 0.3 is 5.97 Å². The Morgan fingerprint density at radius 3 is 2.93 bits per heavy atom.